The fourth-order valence-electron chi connectivity index (χ4n) is 1.33. The zero-order chi connectivity index (χ0) is 12.4. The molecule has 0 aliphatic carbocycles. The van der Waals surface area contributed by atoms with E-state index < -0.39 is 0 Å². The molecule has 1 heterocycles. The van der Waals surface area contributed by atoms with E-state index in [-0.39, 0.29) is 5.28 Å². The summed E-state index contributed by atoms with van der Waals surface area (Å²) in [6.07, 6.45) is 0. The van der Waals surface area contributed by atoms with Crippen LogP contribution in [0.1, 0.15) is 5.69 Å². The van der Waals surface area contributed by atoms with Gasteiger partial charge in [0.25, 0.3) is 0 Å². The van der Waals surface area contributed by atoms with Gasteiger partial charge in [0.1, 0.15) is 0 Å². The van der Waals surface area contributed by atoms with Gasteiger partial charge in [-0.15, -0.1) is 0 Å². The minimum atomic E-state index is 0.172. The van der Waals surface area contributed by atoms with Crippen molar-refractivity contribution in [2.24, 2.45) is 0 Å². The van der Waals surface area contributed by atoms with Gasteiger partial charge in [0.2, 0.25) is 5.28 Å². The zero-order valence-electron chi connectivity index (χ0n) is 9.04. The summed E-state index contributed by atoms with van der Waals surface area (Å²) in [6.45, 7) is 1.79. The summed E-state index contributed by atoms with van der Waals surface area (Å²) >= 11 is 9.23. The first-order valence-corrected chi connectivity index (χ1v) is 6.06. The van der Waals surface area contributed by atoms with E-state index in [2.05, 4.69) is 31.2 Å². The number of rotatable bonds is 2. The molecule has 1 aromatic carbocycles. The lowest BCUT2D eigenvalue weighted by Gasteiger charge is -2.11. The van der Waals surface area contributed by atoms with Gasteiger partial charge in [-0.05, 0) is 46.6 Å². The molecular weight excluding hydrogens is 304 g/mol. The van der Waals surface area contributed by atoms with Crippen LogP contribution < -0.4 is 11.1 Å². The van der Waals surface area contributed by atoms with Gasteiger partial charge < -0.3 is 11.1 Å². The minimum Gasteiger partial charge on any atom is -0.394 e. The number of para-hydroxylation sites is 1. The Hall–Kier alpha value is -1.33. The molecule has 3 N–H and O–H groups in total. The maximum atomic E-state index is 5.89. The summed E-state index contributed by atoms with van der Waals surface area (Å²) in [6, 6.07) is 7.68. The Morgan fingerprint density at radius 1 is 1.29 bits per heavy atom. The molecule has 0 radical (unpaired) electrons. The second-order valence-corrected chi connectivity index (χ2v) is 4.64. The van der Waals surface area contributed by atoms with Gasteiger partial charge in [0.15, 0.2) is 5.82 Å². The largest absolute Gasteiger partial charge is 0.394 e. The van der Waals surface area contributed by atoms with Crippen LogP contribution in [0.3, 0.4) is 0 Å². The molecule has 88 valence electrons. The number of benzene rings is 1. The molecule has 2 aromatic rings. The van der Waals surface area contributed by atoms with Crippen LogP contribution in [0, 0.1) is 6.92 Å². The normalized spacial score (nSPS) is 10.3. The molecule has 0 amide bonds. The first kappa shape index (κ1) is 12.1. The van der Waals surface area contributed by atoms with Crippen LogP contribution in [0.5, 0.6) is 0 Å². The zero-order valence-corrected chi connectivity index (χ0v) is 11.4. The molecule has 17 heavy (non-hydrogen) atoms. The van der Waals surface area contributed by atoms with Gasteiger partial charge in [0.05, 0.1) is 17.1 Å². The number of aryl methyl sites for hydroxylation is 1. The third-order valence-electron chi connectivity index (χ3n) is 2.24. The summed E-state index contributed by atoms with van der Waals surface area (Å²) in [7, 11) is 0. The Morgan fingerprint density at radius 3 is 2.71 bits per heavy atom. The third kappa shape index (κ3) is 2.68. The molecule has 1 aromatic heterocycles. The molecule has 2 rings (SSSR count). The second kappa shape index (κ2) is 4.89. The minimum absolute atomic E-state index is 0.172. The summed E-state index contributed by atoms with van der Waals surface area (Å²) in [5.74, 6) is 0.509. The van der Waals surface area contributed by atoms with E-state index in [4.69, 9.17) is 17.3 Å². The van der Waals surface area contributed by atoms with Crippen molar-refractivity contribution in [2.45, 2.75) is 6.92 Å². The fraction of sp³-hybridized carbons (Fsp3) is 0.0909. The lowest BCUT2D eigenvalue weighted by molar-refractivity contribution is 1.11. The van der Waals surface area contributed by atoms with E-state index in [9.17, 15) is 0 Å². The van der Waals surface area contributed by atoms with Crippen molar-refractivity contribution in [3.63, 3.8) is 0 Å². The Labute approximate surface area is 112 Å². The average Bonchev–Trinajstić information content (AvgIpc) is 2.28. The van der Waals surface area contributed by atoms with Crippen LogP contribution in [-0.4, -0.2) is 9.97 Å². The smallest absolute Gasteiger partial charge is 0.224 e. The molecule has 0 aliphatic rings. The number of anilines is 3. The van der Waals surface area contributed by atoms with Crippen LogP contribution in [0.4, 0.5) is 17.2 Å². The van der Waals surface area contributed by atoms with E-state index >= 15 is 0 Å². The maximum Gasteiger partial charge on any atom is 0.224 e. The van der Waals surface area contributed by atoms with Crippen LogP contribution in [-0.2, 0) is 0 Å². The quantitative estimate of drug-likeness (QED) is 0.833. The predicted octanol–water partition coefficient (Wildman–Crippen LogP) is 3.53. The molecule has 0 aliphatic heterocycles. The molecule has 0 saturated carbocycles. The van der Waals surface area contributed by atoms with Gasteiger partial charge in [-0.3, -0.25) is 0 Å². The SMILES string of the molecule is Cc1nc(Cl)nc(Nc2ccccc2Br)c1N. The molecule has 0 fully saturated rings. The number of aromatic nitrogens is 2. The average molecular weight is 314 g/mol. The standard InChI is InChI=1S/C11H10BrClN4/c1-6-9(14)10(17-11(13)15-6)16-8-5-3-2-4-7(8)12/h2-5H,14H2,1H3,(H,15,16,17). The topological polar surface area (TPSA) is 63.8 Å². The Kier molecular flexibility index (Phi) is 3.49. The molecule has 6 heteroatoms. The molecule has 0 spiro atoms. The lowest BCUT2D eigenvalue weighted by atomic mass is 10.3. The number of nitrogens with zero attached hydrogens (tertiary/aromatic N) is 2. The summed E-state index contributed by atoms with van der Waals surface area (Å²) in [5, 5.41) is 3.29. The van der Waals surface area contributed by atoms with Crippen LogP contribution >= 0.6 is 27.5 Å². The molecule has 0 atom stereocenters. The van der Waals surface area contributed by atoms with E-state index in [1.807, 2.05) is 24.3 Å². The highest BCUT2D eigenvalue weighted by Crippen LogP contribution is 2.28. The van der Waals surface area contributed by atoms with Crippen molar-refractivity contribution in [2.75, 3.05) is 11.1 Å². The number of nitrogen functional groups attached to an aromatic ring is 1. The summed E-state index contributed by atoms with van der Waals surface area (Å²) in [5.41, 5.74) is 7.90. The fourth-order valence-corrected chi connectivity index (χ4v) is 1.93. The number of nitrogens with one attached hydrogen (secondary N) is 1. The number of halogens is 2. The van der Waals surface area contributed by atoms with Crippen molar-refractivity contribution in [3.05, 3.63) is 39.7 Å². The van der Waals surface area contributed by atoms with Crippen molar-refractivity contribution < 1.29 is 0 Å². The van der Waals surface area contributed by atoms with E-state index in [0.717, 1.165) is 10.2 Å². The molecule has 4 nitrogen and oxygen atoms in total. The molecule has 0 unspecified atom stereocenters. The monoisotopic (exact) mass is 312 g/mol. The van der Waals surface area contributed by atoms with Gasteiger partial charge in [-0.25, -0.2) is 4.98 Å². The summed E-state index contributed by atoms with van der Waals surface area (Å²) in [4.78, 5) is 8.04. The van der Waals surface area contributed by atoms with Gasteiger partial charge in [-0.1, -0.05) is 12.1 Å². The Balaban J connectivity index is 2.40. The molecular formula is C11H10BrClN4. The maximum absolute atomic E-state index is 5.89. The molecule has 0 saturated heterocycles. The highest BCUT2D eigenvalue weighted by atomic mass is 79.9. The Bertz CT molecular complexity index is 559. The first-order valence-electron chi connectivity index (χ1n) is 4.89. The van der Waals surface area contributed by atoms with Crippen molar-refractivity contribution >= 4 is 44.7 Å². The highest BCUT2D eigenvalue weighted by Gasteiger charge is 2.09. The predicted molar refractivity (Wildman–Crippen MR) is 73.6 cm³/mol. The highest BCUT2D eigenvalue weighted by molar-refractivity contribution is 9.10. The van der Waals surface area contributed by atoms with E-state index in [1.165, 1.54) is 0 Å². The van der Waals surface area contributed by atoms with E-state index in [1.54, 1.807) is 6.92 Å². The molecule has 0 bridgehead atoms. The lowest BCUT2D eigenvalue weighted by Crippen LogP contribution is -2.04. The van der Waals surface area contributed by atoms with Crippen molar-refractivity contribution in [1.29, 1.82) is 0 Å². The van der Waals surface area contributed by atoms with Gasteiger partial charge >= 0.3 is 0 Å². The summed E-state index contributed by atoms with van der Waals surface area (Å²) < 4.78 is 0.923. The third-order valence-corrected chi connectivity index (χ3v) is 3.10. The van der Waals surface area contributed by atoms with Crippen molar-refractivity contribution in [3.8, 4) is 0 Å². The van der Waals surface area contributed by atoms with Crippen LogP contribution in [0.15, 0.2) is 28.7 Å². The Morgan fingerprint density at radius 2 is 2.00 bits per heavy atom. The number of hydrogen-bond acceptors (Lipinski definition) is 4. The van der Waals surface area contributed by atoms with Crippen LogP contribution in [0.2, 0.25) is 5.28 Å². The van der Waals surface area contributed by atoms with Crippen LogP contribution in [0.25, 0.3) is 0 Å². The number of hydrogen-bond donors (Lipinski definition) is 2. The van der Waals surface area contributed by atoms with Crippen molar-refractivity contribution in [1.82, 2.24) is 9.97 Å². The first-order chi connectivity index (χ1) is 8.08. The van der Waals surface area contributed by atoms with Gasteiger partial charge in [-0.2, -0.15) is 4.98 Å². The van der Waals surface area contributed by atoms with Gasteiger partial charge in [0, 0.05) is 4.47 Å². The van der Waals surface area contributed by atoms with E-state index in [0.29, 0.717) is 17.2 Å². The number of nitrogens with two attached hydrogens (primary N) is 1. The second-order valence-electron chi connectivity index (χ2n) is 3.45.